The molecule has 0 aliphatic carbocycles. The van der Waals surface area contributed by atoms with Gasteiger partial charge in [-0.3, -0.25) is 5.32 Å². The molecule has 3 heterocycles. The Balaban J connectivity index is 0.873. The Kier molecular flexibility index (Phi) is 9.58. The molecule has 292 valence electrons. The van der Waals surface area contributed by atoms with Crippen LogP contribution >= 0.6 is 11.3 Å². The Morgan fingerprint density at radius 2 is 0.951 bits per heavy atom. The van der Waals surface area contributed by atoms with Gasteiger partial charge < -0.3 is 10.6 Å². The quantitative estimate of drug-likeness (QED) is 0.143. The van der Waals surface area contributed by atoms with Crippen LogP contribution < -0.4 is 16.0 Å². The molecule has 8 aromatic carbocycles. The fourth-order valence-corrected chi connectivity index (χ4v) is 9.49. The predicted octanol–water partition coefficient (Wildman–Crippen LogP) is 12.2. The minimum absolute atomic E-state index is 0.113. The number of benzene rings is 8. The van der Waals surface area contributed by atoms with E-state index < -0.39 is 0 Å². The van der Waals surface area contributed by atoms with Crippen molar-refractivity contribution in [2.24, 2.45) is 15.0 Å². The average Bonchev–Trinajstić information content (AvgIpc) is 3.73. The van der Waals surface area contributed by atoms with Crippen LogP contribution in [0.1, 0.15) is 51.9 Å². The molecule has 6 nitrogen and oxygen atoms in total. The molecule has 11 rings (SSSR count). The van der Waals surface area contributed by atoms with E-state index in [1.54, 1.807) is 0 Å². The van der Waals surface area contributed by atoms with Gasteiger partial charge >= 0.3 is 0 Å². The molecule has 1 aromatic heterocycles. The molecule has 3 N–H and O–H groups in total. The third-order valence-corrected chi connectivity index (χ3v) is 12.7. The van der Waals surface area contributed by atoms with E-state index in [2.05, 4.69) is 174 Å². The Labute approximate surface area is 358 Å². The SMILES string of the molecule is c1ccc(C2=NC(c3ccc(-c4ccc5sc6c(-c7ccc(C8NC(c9ccccc9)=NC(c9ccccc9)N8)cc7)cccc6c5c4)cc3)N=C(c3ccccc3)N2)cc1. The summed E-state index contributed by atoms with van der Waals surface area (Å²) in [5.74, 6) is 2.51. The van der Waals surface area contributed by atoms with Crippen molar-refractivity contribution in [3.05, 3.63) is 240 Å². The van der Waals surface area contributed by atoms with Crippen molar-refractivity contribution in [3.63, 3.8) is 0 Å². The fourth-order valence-electron chi connectivity index (χ4n) is 8.27. The zero-order valence-electron chi connectivity index (χ0n) is 33.1. The summed E-state index contributed by atoms with van der Waals surface area (Å²) in [5, 5.41) is 13.4. The maximum Gasteiger partial charge on any atom is 0.169 e. The normalized spacial score (nSPS) is 16.6. The molecule has 2 aliphatic rings. The molecule has 61 heavy (non-hydrogen) atoms. The van der Waals surface area contributed by atoms with Gasteiger partial charge in [0.2, 0.25) is 0 Å². The van der Waals surface area contributed by atoms with Gasteiger partial charge in [-0.15, -0.1) is 11.3 Å². The molecule has 0 saturated carbocycles. The van der Waals surface area contributed by atoms with Gasteiger partial charge in [-0.25, -0.2) is 15.0 Å². The minimum Gasteiger partial charge on any atom is -0.350 e. The van der Waals surface area contributed by atoms with Crippen molar-refractivity contribution in [2.45, 2.75) is 18.5 Å². The number of fused-ring (bicyclic) bond motifs is 3. The highest BCUT2D eigenvalue weighted by Gasteiger charge is 2.26. The average molecular weight is 805 g/mol. The summed E-state index contributed by atoms with van der Waals surface area (Å²) in [6.45, 7) is 0. The second-order valence-corrected chi connectivity index (χ2v) is 16.4. The molecule has 0 spiro atoms. The lowest BCUT2D eigenvalue weighted by Gasteiger charge is -2.32. The molecule has 2 atom stereocenters. The van der Waals surface area contributed by atoms with Crippen molar-refractivity contribution in [1.29, 1.82) is 0 Å². The fraction of sp³-hybridized carbons (Fsp3) is 0.0556. The van der Waals surface area contributed by atoms with E-state index in [9.17, 15) is 0 Å². The van der Waals surface area contributed by atoms with Gasteiger partial charge in [-0.05, 0) is 51.1 Å². The summed E-state index contributed by atoms with van der Waals surface area (Å²) >= 11 is 1.86. The van der Waals surface area contributed by atoms with Gasteiger partial charge in [0.05, 0.1) is 0 Å². The zero-order valence-corrected chi connectivity index (χ0v) is 33.9. The third-order valence-electron chi connectivity index (χ3n) is 11.5. The highest BCUT2D eigenvalue weighted by Crippen LogP contribution is 2.42. The van der Waals surface area contributed by atoms with Crippen molar-refractivity contribution < 1.29 is 0 Å². The zero-order chi connectivity index (χ0) is 40.5. The van der Waals surface area contributed by atoms with Gasteiger partial charge in [-0.1, -0.05) is 194 Å². The molecule has 7 heteroatoms. The van der Waals surface area contributed by atoms with Crippen LogP contribution in [-0.2, 0) is 0 Å². The lowest BCUT2D eigenvalue weighted by atomic mass is 9.98. The number of rotatable bonds is 8. The number of nitrogens with one attached hydrogen (secondary N) is 3. The molecule has 2 aliphatic heterocycles. The van der Waals surface area contributed by atoms with Gasteiger partial charge in [0, 0.05) is 36.9 Å². The largest absolute Gasteiger partial charge is 0.350 e. The Bertz CT molecular complexity index is 3030. The van der Waals surface area contributed by atoms with Crippen LogP contribution in [0.15, 0.2) is 221 Å². The first kappa shape index (κ1) is 36.6. The van der Waals surface area contributed by atoms with Gasteiger partial charge in [0.25, 0.3) is 0 Å². The molecular weight excluding hydrogens is 765 g/mol. The van der Waals surface area contributed by atoms with Crippen molar-refractivity contribution in [2.75, 3.05) is 0 Å². The summed E-state index contributed by atoms with van der Waals surface area (Å²) < 4.78 is 2.56. The third kappa shape index (κ3) is 7.31. The van der Waals surface area contributed by atoms with Crippen molar-refractivity contribution in [1.82, 2.24) is 16.0 Å². The molecule has 0 saturated heterocycles. The van der Waals surface area contributed by atoms with Gasteiger partial charge in [-0.2, -0.15) is 0 Å². The van der Waals surface area contributed by atoms with E-state index in [1.807, 2.05) is 59.9 Å². The predicted molar refractivity (Wildman–Crippen MR) is 253 cm³/mol. The Morgan fingerprint density at radius 3 is 1.59 bits per heavy atom. The highest BCUT2D eigenvalue weighted by molar-refractivity contribution is 7.26. The summed E-state index contributed by atoms with van der Waals surface area (Å²) in [7, 11) is 0. The molecule has 9 aromatic rings. The number of hydrogen-bond acceptors (Lipinski definition) is 7. The maximum atomic E-state index is 5.08. The monoisotopic (exact) mass is 804 g/mol. The van der Waals surface area contributed by atoms with Crippen LogP contribution in [0.25, 0.3) is 42.4 Å². The Hall–Kier alpha value is -7.45. The van der Waals surface area contributed by atoms with Crippen molar-refractivity contribution >= 4 is 49.0 Å². The molecular formula is C54H40N6S. The highest BCUT2D eigenvalue weighted by atomic mass is 32.1. The minimum atomic E-state index is -0.362. The number of aliphatic imine (C=N–C) groups is 3. The molecule has 0 amide bonds. The van der Waals surface area contributed by atoms with Crippen LogP contribution in [0.5, 0.6) is 0 Å². The van der Waals surface area contributed by atoms with E-state index in [4.69, 9.17) is 15.0 Å². The van der Waals surface area contributed by atoms with E-state index in [1.165, 1.54) is 36.9 Å². The lowest BCUT2D eigenvalue weighted by Crippen LogP contribution is -2.44. The molecule has 2 unspecified atom stereocenters. The van der Waals surface area contributed by atoms with E-state index in [0.29, 0.717) is 0 Å². The number of hydrogen-bond donors (Lipinski definition) is 3. The second kappa shape index (κ2) is 16.0. The molecule has 0 radical (unpaired) electrons. The van der Waals surface area contributed by atoms with Crippen LogP contribution in [0.3, 0.4) is 0 Å². The first-order valence-electron chi connectivity index (χ1n) is 20.6. The Morgan fingerprint density at radius 1 is 0.393 bits per heavy atom. The van der Waals surface area contributed by atoms with Gasteiger partial charge in [0.1, 0.15) is 29.8 Å². The number of amidine groups is 3. The summed E-state index contributed by atoms with van der Waals surface area (Å²) in [6, 6.07) is 72.5. The van der Waals surface area contributed by atoms with E-state index >= 15 is 0 Å². The molecule has 0 fully saturated rings. The standard InChI is InChI=1S/C54H40N6S/c1-5-14-37(15-6-1)49-55-50(38-16-7-2-8-17-38)58-53(57-49)41-28-24-35(25-29-41)43-32-33-47-46(34-43)45-23-13-22-44(48(45)61-47)36-26-30-42(31-27-36)54-59-51(39-18-9-3-10-19-39)56-52(60-54)40-20-11-4-12-21-40/h1-34,51,53-54,59H,(H,56,60)(H,55,57,58). The van der Waals surface area contributed by atoms with E-state index in [0.717, 1.165) is 56.5 Å². The second-order valence-electron chi connectivity index (χ2n) is 15.3. The summed E-state index contributed by atoms with van der Waals surface area (Å²) in [5.41, 5.74) is 11.2. The summed E-state index contributed by atoms with van der Waals surface area (Å²) in [4.78, 5) is 15.2. The summed E-state index contributed by atoms with van der Waals surface area (Å²) in [6.07, 6.45) is -0.645. The number of nitrogens with zero attached hydrogens (tertiary/aromatic N) is 3. The molecule has 0 bridgehead atoms. The van der Waals surface area contributed by atoms with Crippen molar-refractivity contribution in [3.8, 4) is 22.3 Å². The number of thiophene rings is 1. The lowest BCUT2D eigenvalue weighted by molar-refractivity contribution is 0.409. The van der Waals surface area contributed by atoms with Crippen LogP contribution in [0.2, 0.25) is 0 Å². The van der Waals surface area contributed by atoms with Crippen LogP contribution in [0.4, 0.5) is 0 Å². The maximum absolute atomic E-state index is 5.08. The van der Waals surface area contributed by atoms with E-state index in [-0.39, 0.29) is 18.5 Å². The van der Waals surface area contributed by atoms with Crippen LogP contribution in [-0.4, -0.2) is 17.5 Å². The first-order chi connectivity index (χ1) is 30.2. The first-order valence-corrected chi connectivity index (χ1v) is 21.4. The van der Waals surface area contributed by atoms with Crippen LogP contribution in [0, 0.1) is 0 Å². The smallest absolute Gasteiger partial charge is 0.169 e. The van der Waals surface area contributed by atoms with Gasteiger partial charge in [0.15, 0.2) is 6.17 Å². The topological polar surface area (TPSA) is 73.2 Å².